The fourth-order valence-electron chi connectivity index (χ4n) is 1.45. The van der Waals surface area contributed by atoms with Crippen LogP contribution in [0.5, 0.6) is 0 Å². The van der Waals surface area contributed by atoms with E-state index in [1.165, 1.54) is 11.1 Å². The summed E-state index contributed by atoms with van der Waals surface area (Å²) in [4.78, 5) is 0. The van der Waals surface area contributed by atoms with Crippen molar-refractivity contribution >= 4 is 0 Å². The molecule has 1 rings (SSSR count). The zero-order valence-electron chi connectivity index (χ0n) is 11.3. The summed E-state index contributed by atoms with van der Waals surface area (Å²) in [6.07, 6.45) is 0. The van der Waals surface area contributed by atoms with Crippen molar-refractivity contribution in [1.82, 2.24) is 5.32 Å². The number of nitrogens with one attached hydrogen (secondary N) is 1. The second-order valence-corrected chi connectivity index (χ2v) is 5.88. The van der Waals surface area contributed by atoms with Gasteiger partial charge in [-0.25, -0.2) is 0 Å². The average molecular weight is 219 g/mol. The number of hydrogen-bond acceptors (Lipinski definition) is 1. The molecule has 0 spiro atoms. The van der Waals surface area contributed by atoms with Gasteiger partial charge in [-0.15, -0.1) is 0 Å². The molecule has 1 unspecified atom stereocenters. The summed E-state index contributed by atoms with van der Waals surface area (Å²) in [6, 6.07) is 8.74. The van der Waals surface area contributed by atoms with Crippen molar-refractivity contribution in [3.05, 3.63) is 35.4 Å². The van der Waals surface area contributed by atoms with Gasteiger partial charge in [0.1, 0.15) is 0 Å². The predicted molar refractivity (Wildman–Crippen MR) is 71.5 cm³/mol. The van der Waals surface area contributed by atoms with E-state index in [2.05, 4.69) is 64.2 Å². The Labute approximate surface area is 100 Å². The molecule has 0 saturated carbocycles. The first-order valence-electron chi connectivity index (χ1n) is 6.16. The van der Waals surface area contributed by atoms with Crippen molar-refractivity contribution < 1.29 is 0 Å². The number of aryl methyl sites for hydroxylation is 1. The average Bonchev–Trinajstić information content (AvgIpc) is 2.19. The van der Waals surface area contributed by atoms with E-state index in [1.54, 1.807) is 0 Å². The van der Waals surface area contributed by atoms with Crippen LogP contribution in [0, 0.1) is 18.3 Å². The van der Waals surface area contributed by atoms with Crippen molar-refractivity contribution in [2.45, 2.75) is 41.2 Å². The lowest BCUT2D eigenvalue weighted by atomic mass is 9.82. The minimum absolute atomic E-state index is 0.389. The Morgan fingerprint density at radius 1 is 1.12 bits per heavy atom. The van der Waals surface area contributed by atoms with E-state index in [0.717, 1.165) is 13.1 Å². The predicted octanol–water partition coefficient (Wildman–Crippen LogP) is 3.77. The first-order valence-corrected chi connectivity index (χ1v) is 6.16. The Kier molecular flexibility index (Phi) is 4.55. The second-order valence-electron chi connectivity index (χ2n) is 5.88. The molecule has 0 aliphatic carbocycles. The standard InChI is InChI=1S/C15H25N/c1-12-6-8-14(9-7-12)11-16-10-13(2)15(3,4)5/h6-9,13,16H,10-11H2,1-5H3. The minimum atomic E-state index is 0.389. The quantitative estimate of drug-likeness (QED) is 0.813. The number of benzene rings is 1. The van der Waals surface area contributed by atoms with E-state index in [0.29, 0.717) is 11.3 Å². The van der Waals surface area contributed by atoms with Crippen LogP contribution in [0.1, 0.15) is 38.8 Å². The van der Waals surface area contributed by atoms with Crippen LogP contribution in [0.3, 0.4) is 0 Å². The van der Waals surface area contributed by atoms with E-state index >= 15 is 0 Å². The smallest absolute Gasteiger partial charge is 0.0205 e. The Hall–Kier alpha value is -0.820. The Balaban J connectivity index is 2.33. The minimum Gasteiger partial charge on any atom is -0.312 e. The molecular formula is C15H25N. The van der Waals surface area contributed by atoms with Crippen molar-refractivity contribution in [1.29, 1.82) is 0 Å². The second kappa shape index (κ2) is 5.49. The van der Waals surface area contributed by atoms with Crippen molar-refractivity contribution in [2.24, 2.45) is 11.3 Å². The van der Waals surface area contributed by atoms with Gasteiger partial charge in [0.05, 0.1) is 0 Å². The molecule has 0 radical (unpaired) electrons. The van der Waals surface area contributed by atoms with Gasteiger partial charge in [-0.3, -0.25) is 0 Å². The van der Waals surface area contributed by atoms with Crippen LogP contribution in [0.4, 0.5) is 0 Å². The summed E-state index contributed by atoms with van der Waals surface area (Å²) in [7, 11) is 0. The topological polar surface area (TPSA) is 12.0 Å². The van der Waals surface area contributed by atoms with Crippen LogP contribution in [-0.4, -0.2) is 6.54 Å². The SMILES string of the molecule is Cc1ccc(CNCC(C)C(C)(C)C)cc1. The highest BCUT2D eigenvalue weighted by Crippen LogP contribution is 2.24. The molecule has 1 heteroatoms. The molecule has 0 heterocycles. The molecule has 0 bridgehead atoms. The maximum atomic E-state index is 3.53. The van der Waals surface area contributed by atoms with Gasteiger partial charge in [-0.1, -0.05) is 57.5 Å². The Morgan fingerprint density at radius 3 is 2.19 bits per heavy atom. The highest BCUT2D eigenvalue weighted by Gasteiger charge is 2.18. The molecule has 0 aliphatic heterocycles. The van der Waals surface area contributed by atoms with Gasteiger partial charge >= 0.3 is 0 Å². The lowest BCUT2D eigenvalue weighted by Gasteiger charge is -2.27. The molecule has 0 fully saturated rings. The summed E-state index contributed by atoms with van der Waals surface area (Å²) < 4.78 is 0. The van der Waals surface area contributed by atoms with Gasteiger partial charge < -0.3 is 5.32 Å². The molecule has 16 heavy (non-hydrogen) atoms. The van der Waals surface area contributed by atoms with Crippen LogP contribution < -0.4 is 5.32 Å². The third-order valence-electron chi connectivity index (χ3n) is 3.38. The van der Waals surface area contributed by atoms with E-state index in [9.17, 15) is 0 Å². The van der Waals surface area contributed by atoms with E-state index in [1.807, 2.05) is 0 Å². The van der Waals surface area contributed by atoms with Gasteiger partial charge in [0, 0.05) is 6.54 Å². The number of rotatable bonds is 4. The first kappa shape index (κ1) is 13.2. The molecule has 1 aromatic rings. The van der Waals surface area contributed by atoms with E-state index in [4.69, 9.17) is 0 Å². The fourth-order valence-corrected chi connectivity index (χ4v) is 1.45. The highest BCUT2D eigenvalue weighted by molar-refractivity contribution is 5.21. The lowest BCUT2D eigenvalue weighted by molar-refractivity contribution is 0.252. The normalized spacial score (nSPS) is 13.8. The molecule has 0 aromatic heterocycles. The van der Waals surface area contributed by atoms with Gasteiger partial charge in [-0.2, -0.15) is 0 Å². The number of hydrogen-bond donors (Lipinski definition) is 1. The van der Waals surface area contributed by atoms with Gasteiger partial charge in [0.25, 0.3) is 0 Å². The molecule has 0 saturated heterocycles. The lowest BCUT2D eigenvalue weighted by Crippen LogP contribution is -2.29. The monoisotopic (exact) mass is 219 g/mol. The van der Waals surface area contributed by atoms with Crippen molar-refractivity contribution in [2.75, 3.05) is 6.54 Å². The molecule has 90 valence electrons. The van der Waals surface area contributed by atoms with Gasteiger partial charge in [0.15, 0.2) is 0 Å². The van der Waals surface area contributed by atoms with Gasteiger partial charge in [0.2, 0.25) is 0 Å². The zero-order chi connectivity index (χ0) is 12.2. The van der Waals surface area contributed by atoms with Crippen LogP contribution in [-0.2, 0) is 6.54 Å². The summed E-state index contributed by atoms with van der Waals surface area (Å²) >= 11 is 0. The van der Waals surface area contributed by atoms with Crippen LogP contribution in [0.2, 0.25) is 0 Å². The van der Waals surface area contributed by atoms with E-state index < -0.39 is 0 Å². The Morgan fingerprint density at radius 2 is 1.69 bits per heavy atom. The van der Waals surface area contributed by atoms with Crippen molar-refractivity contribution in [3.63, 3.8) is 0 Å². The molecule has 1 atom stereocenters. The van der Waals surface area contributed by atoms with Crippen molar-refractivity contribution in [3.8, 4) is 0 Å². The first-order chi connectivity index (χ1) is 7.39. The maximum absolute atomic E-state index is 3.53. The van der Waals surface area contributed by atoms with Crippen LogP contribution in [0.25, 0.3) is 0 Å². The zero-order valence-corrected chi connectivity index (χ0v) is 11.3. The summed E-state index contributed by atoms with van der Waals surface area (Å²) in [5.41, 5.74) is 3.08. The summed E-state index contributed by atoms with van der Waals surface area (Å²) in [6.45, 7) is 13.4. The maximum Gasteiger partial charge on any atom is 0.0205 e. The summed E-state index contributed by atoms with van der Waals surface area (Å²) in [5.74, 6) is 0.693. The largest absolute Gasteiger partial charge is 0.312 e. The highest BCUT2D eigenvalue weighted by atomic mass is 14.9. The molecule has 0 aliphatic rings. The molecule has 1 nitrogen and oxygen atoms in total. The molecule has 0 amide bonds. The molecule has 1 N–H and O–H groups in total. The Bertz CT molecular complexity index is 305. The fraction of sp³-hybridized carbons (Fsp3) is 0.600. The van der Waals surface area contributed by atoms with Crippen LogP contribution >= 0.6 is 0 Å². The summed E-state index contributed by atoms with van der Waals surface area (Å²) in [5, 5.41) is 3.53. The van der Waals surface area contributed by atoms with Gasteiger partial charge in [-0.05, 0) is 30.4 Å². The van der Waals surface area contributed by atoms with E-state index in [-0.39, 0.29) is 0 Å². The molecule has 1 aromatic carbocycles. The third kappa shape index (κ3) is 4.36. The molecular weight excluding hydrogens is 194 g/mol. The van der Waals surface area contributed by atoms with Crippen LogP contribution in [0.15, 0.2) is 24.3 Å². The third-order valence-corrected chi connectivity index (χ3v) is 3.38.